The summed E-state index contributed by atoms with van der Waals surface area (Å²) in [7, 11) is 0. The molecule has 80 valence electrons. The summed E-state index contributed by atoms with van der Waals surface area (Å²) in [6.45, 7) is 2.12. The van der Waals surface area contributed by atoms with Crippen molar-refractivity contribution >= 4 is 10.8 Å². The number of rotatable bonds is 3. The Morgan fingerprint density at radius 2 is 1.88 bits per heavy atom. The van der Waals surface area contributed by atoms with Gasteiger partial charge in [0.25, 0.3) is 0 Å². The highest BCUT2D eigenvalue weighted by molar-refractivity contribution is 5.83. The van der Waals surface area contributed by atoms with Crippen LogP contribution in [0.4, 0.5) is 0 Å². The molecule has 0 aromatic heterocycles. The zero-order chi connectivity index (χ0) is 11.4. The van der Waals surface area contributed by atoms with Gasteiger partial charge < -0.3 is 0 Å². The third-order valence-corrected chi connectivity index (χ3v) is 2.91. The van der Waals surface area contributed by atoms with Crippen molar-refractivity contribution in [2.45, 2.75) is 25.7 Å². The molecule has 2 aromatic carbocycles. The van der Waals surface area contributed by atoms with E-state index in [1.165, 1.54) is 10.8 Å². The molecular weight excluding hydrogens is 194 g/mol. The van der Waals surface area contributed by atoms with Gasteiger partial charge in [0.2, 0.25) is 0 Å². The van der Waals surface area contributed by atoms with Crippen LogP contribution in [0.5, 0.6) is 0 Å². The molecule has 0 saturated carbocycles. The molecule has 2 rings (SSSR count). The zero-order valence-corrected chi connectivity index (χ0v) is 9.48. The third-order valence-electron chi connectivity index (χ3n) is 2.91. The Morgan fingerprint density at radius 3 is 2.56 bits per heavy atom. The van der Waals surface area contributed by atoms with E-state index in [4.69, 9.17) is 5.26 Å². The van der Waals surface area contributed by atoms with E-state index in [0.29, 0.717) is 0 Å². The summed E-state index contributed by atoms with van der Waals surface area (Å²) in [5, 5.41) is 11.6. The maximum Gasteiger partial charge on any atom is 0.0712 e. The monoisotopic (exact) mass is 209 g/mol. The predicted molar refractivity (Wildman–Crippen MR) is 67.2 cm³/mol. The SMILES string of the molecule is CCC[C@H](C#N)c1ccc2ccccc2c1. The van der Waals surface area contributed by atoms with E-state index in [1.807, 2.05) is 12.1 Å². The molecule has 1 nitrogen and oxygen atoms in total. The lowest BCUT2D eigenvalue weighted by atomic mass is 9.94. The number of hydrogen-bond acceptors (Lipinski definition) is 1. The average Bonchev–Trinajstić information content (AvgIpc) is 2.35. The number of benzene rings is 2. The predicted octanol–water partition coefficient (Wildman–Crippen LogP) is 4.25. The quantitative estimate of drug-likeness (QED) is 0.741. The fourth-order valence-electron chi connectivity index (χ4n) is 2.02. The molecule has 0 aliphatic heterocycles. The second-order valence-corrected chi connectivity index (χ2v) is 4.08. The molecule has 2 aromatic rings. The number of fused-ring (bicyclic) bond motifs is 1. The molecule has 0 aliphatic rings. The van der Waals surface area contributed by atoms with Gasteiger partial charge in [0.1, 0.15) is 0 Å². The molecule has 0 radical (unpaired) electrons. The van der Waals surface area contributed by atoms with Crippen LogP contribution < -0.4 is 0 Å². The topological polar surface area (TPSA) is 23.8 Å². The van der Waals surface area contributed by atoms with Gasteiger partial charge in [-0.15, -0.1) is 0 Å². The van der Waals surface area contributed by atoms with Crippen molar-refractivity contribution in [3.05, 3.63) is 48.0 Å². The standard InChI is InChI=1S/C15H15N/c1-2-5-15(11-16)14-9-8-12-6-3-4-7-13(12)10-14/h3-4,6-10,15H,2,5H2,1H3/t15-/m1/s1. The largest absolute Gasteiger partial charge is 0.198 e. The molecule has 0 bridgehead atoms. The lowest BCUT2D eigenvalue weighted by molar-refractivity contribution is 0.728. The Bertz CT molecular complexity index is 522. The molecule has 16 heavy (non-hydrogen) atoms. The molecule has 1 heteroatoms. The summed E-state index contributed by atoms with van der Waals surface area (Å²) in [6, 6.07) is 17.0. The second-order valence-electron chi connectivity index (χ2n) is 4.08. The van der Waals surface area contributed by atoms with Gasteiger partial charge in [-0.2, -0.15) is 5.26 Å². The summed E-state index contributed by atoms with van der Waals surface area (Å²) in [5.41, 5.74) is 1.14. The number of nitriles is 1. The van der Waals surface area contributed by atoms with Crippen molar-refractivity contribution in [3.8, 4) is 6.07 Å². The first-order chi connectivity index (χ1) is 7.85. The first-order valence-electron chi connectivity index (χ1n) is 5.73. The highest BCUT2D eigenvalue weighted by Gasteiger charge is 2.09. The highest BCUT2D eigenvalue weighted by atomic mass is 14.3. The van der Waals surface area contributed by atoms with Gasteiger partial charge in [0.15, 0.2) is 0 Å². The molecule has 1 atom stereocenters. The van der Waals surface area contributed by atoms with Crippen molar-refractivity contribution in [2.75, 3.05) is 0 Å². The Hall–Kier alpha value is -1.81. The summed E-state index contributed by atoms with van der Waals surface area (Å²) < 4.78 is 0. The van der Waals surface area contributed by atoms with Crippen LogP contribution in [-0.4, -0.2) is 0 Å². The smallest absolute Gasteiger partial charge is 0.0712 e. The van der Waals surface area contributed by atoms with Crippen LogP contribution in [0.25, 0.3) is 10.8 Å². The molecule has 0 heterocycles. The summed E-state index contributed by atoms with van der Waals surface area (Å²) >= 11 is 0. The molecule has 0 N–H and O–H groups in total. The average molecular weight is 209 g/mol. The molecule has 0 saturated heterocycles. The summed E-state index contributed by atoms with van der Waals surface area (Å²) in [5.74, 6) is 0.0367. The summed E-state index contributed by atoms with van der Waals surface area (Å²) in [4.78, 5) is 0. The Balaban J connectivity index is 2.42. The van der Waals surface area contributed by atoms with Gasteiger partial charge in [-0.1, -0.05) is 49.7 Å². The Kier molecular flexibility index (Phi) is 3.22. The minimum absolute atomic E-state index is 0.0367. The van der Waals surface area contributed by atoms with Gasteiger partial charge in [-0.3, -0.25) is 0 Å². The normalized spacial score (nSPS) is 12.2. The van der Waals surface area contributed by atoms with Crippen molar-refractivity contribution in [1.29, 1.82) is 5.26 Å². The van der Waals surface area contributed by atoms with E-state index in [0.717, 1.165) is 18.4 Å². The minimum Gasteiger partial charge on any atom is -0.198 e. The van der Waals surface area contributed by atoms with Crippen LogP contribution in [-0.2, 0) is 0 Å². The lowest BCUT2D eigenvalue weighted by Crippen LogP contribution is -1.94. The van der Waals surface area contributed by atoms with Crippen molar-refractivity contribution < 1.29 is 0 Å². The van der Waals surface area contributed by atoms with Gasteiger partial charge >= 0.3 is 0 Å². The van der Waals surface area contributed by atoms with Crippen LogP contribution in [0.2, 0.25) is 0 Å². The Labute approximate surface area is 96.3 Å². The fraction of sp³-hybridized carbons (Fsp3) is 0.267. The van der Waals surface area contributed by atoms with Crippen LogP contribution >= 0.6 is 0 Å². The van der Waals surface area contributed by atoms with Crippen molar-refractivity contribution in [3.63, 3.8) is 0 Å². The van der Waals surface area contributed by atoms with Crippen LogP contribution in [0.1, 0.15) is 31.2 Å². The number of hydrogen-bond donors (Lipinski definition) is 0. The van der Waals surface area contributed by atoms with Gasteiger partial charge in [-0.05, 0) is 28.8 Å². The van der Waals surface area contributed by atoms with Crippen molar-refractivity contribution in [1.82, 2.24) is 0 Å². The van der Waals surface area contributed by atoms with Crippen LogP contribution in [0.3, 0.4) is 0 Å². The minimum atomic E-state index is 0.0367. The number of nitrogens with zero attached hydrogens (tertiary/aromatic N) is 1. The van der Waals surface area contributed by atoms with Gasteiger partial charge in [-0.25, -0.2) is 0 Å². The van der Waals surface area contributed by atoms with Crippen LogP contribution in [0.15, 0.2) is 42.5 Å². The Morgan fingerprint density at radius 1 is 1.12 bits per heavy atom. The molecular formula is C15H15N. The van der Waals surface area contributed by atoms with E-state index < -0.39 is 0 Å². The first kappa shape index (κ1) is 10.7. The third kappa shape index (κ3) is 2.06. The van der Waals surface area contributed by atoms with E-state index in [2.05, 4.69) is 43.3 Å². The second kappa shape index (κ2) is 4.81. The zero-order valence-electron chi connectivity index (χ0n) is 9.48. The lowest BCUT2D eigenvalue weighted by Gasteiger charge is -2.08. The van der Waals surface area contributed by atoms with E-state index in [-0.39, 0.29) is 5.92 Å². The van der Waals surface area contributed by atoms with Crippen molar-refractivity contribution in [2.24, 2.45) is 0 Å². The van der Waals surface area contributed by atoms with E-state index in [9.17, 15) is 0 Å². The molecule has 0 amide bonds. The highest BCUT2D eigenvalue weighted by Crippen LogP contribution is 2.24. The fourth-order valence-corrected chi connectivity index (χ4v) is 2.02. The van der Waals surface area contributed by atoms with Crippen LogP contribution in [0, 0.1) is 11.3 Å². The van der Waals surface area contributed by atoms with Gasteiger partial charge in [0, 0.05) is 0 Å². The molecule has 0 fully saturated rings. The maximum atomic E-state index is 9.13. The molecule has 0 aliphatic carbocycles. The summed E-state index contributed by atoms with van der Waals surface area (Å²) in [6.07, 6.45) is 1.99. The van der Waals surface area contributed by atoms with Gasteiger partial charge in [0.05, 0.1) is 12.0 Å². The molecule has 0 spiro atoms. The van der Waals surface area contributed by atoms with E-state index >= 15 is 0 Å². The molecule has 0 unspecified atom stereocenters. The maximum absolute atomic E-state index is 9.13. The first-order valence-corrected chi connectivity index (χ1v) is 5.73. The van der Waals surface area contributed by atoms with E-state index in [1.54, 1.807) is 0 Å².